The van der Waals surface area contributed by atoms with Gasteiger partial charge >= 0.3 is 0 Å². The van der Waals surface area contributed by atoms with Gasteiger partial charge in [0.25, 0.3) is 0 Å². The fourth-order valence-corrected chi connectivity index (χ4v) is 3.50. The first-order chi connectivity index (χ1) is 9.22. The summed E-state index contributed by atoms with van der Waals surface area (Å²) in [4.78, 5) is 2.57. The van der Waals surface area contributed by atoms with Gasteiger partial charge in [-0.25, -0.2) is 0 Å². The summed E-state index contributed by atoms with van der Waals surface area (Å²) in [6.07, 6.45) is 2.92. The summed E-state index contributed by atoms with van der Waals surface area (Å²) in [6, 6.07) is 2.66. The molecule has 2 aliphatic rings. The first-order valence-electron chi connectivity index (χ1n) is 6.72. The van der Waals surface area contributed by atoms with Gasteiger partial charge in [0, 0.05) is 19.1 Å². The summed E-state index contributed by atoms with van der Waals surface area (Å²) < 4.78 is 13.1. The number of halogens is 2. The molecule has 2 atom stereocenters. The molecule has 4 nitrogen and oxygen atoms in total. The number of nitrogens with zero attached hydrogens (tertiary/aromatic N) is 1. The third kappa shape index (κ3) is 3.42. The van der Waals surface area contributed by atoms with Crippen molar-refractivity contribution in [3.05, 3.63) is 21.0 Å². The van der Waals surface area contributed by atoms with E-state index in [0.29, 0.717) is 12.1 Å². The number of ether oxygens (including phenoxy) is 1. The molecule has 106 valence electrons. The molecule has 1 N–H and O–H groups in total. The smallest absolute Gasteiger partial charge is 0.183 e. The van der Waals surface area contributed by atoms with Crippen LogP contribution < -0.4 is 5.32 Å². The first-order valence-corrected chi connectivity index (χ1v) is 8.31. The first kappa shape index (κ1) is 14.1. The molecule has 2 unspecified atom stereocenters. The second kappa shape index (κ2) is 6.26. The van der Waals surface area contributed by atoms with Crippen molar-refractivity contribution in [2.75, 3.05) is 26.2 Å². The minimum Gasteiger partial charge on any atom is -0.452 e. The maximum absolute atomic E-state index is 5.91. The molecule has 6 heteroatoms. The van der Waals surface area contributed by atoms with Gasteiger partial charge < -0.3 is 14.5 Å². The van der Waals surface area contributed by atoms with E-state index in [2.05, 4.69) is 42.1 Å². The zero-order chi connectivity index (χ0) is 13.2. The van der Waals surface area contributed by atoms with Gasteiger partial charge in [-0.05, 0) is 57.3 Å². The number of hydrogen-bond acceptors (Lipinski definition) is 4. The summed E-state index contributed by atoms with van der Waals surface area (Å²) in [5.74, 6) is 0.925. The van der Waals surface area contributed by atoms with E-state index >= 15 is 0 Å². The van der Waals surface area contributed by atoms with Crippen molar-refractivity contribution in [3.8, 4) is 0 Å². The molecule has 2 saturated heterocycles. The molecule has 2 fully saturated rings. The van der Waals surface area contributed by atoms with Crippen LogP contribution in [0.15, 0.2) is 19.6 Å². The summed E-state index contributed by atoms with van der Waals surface area (Å²) in [6.45, 7) is 4.79. The molecule has 0 spiro atoms. The van der Waals surface area contributed by atoms with Gasteiger partial charge in [0.05, 0.1) is 23.7 Å². The Morgan fingerprint density at radius 3 is 3.11 bits per heavy atom. The van der Waals surface area contributed by atoms with Crippen LogP contribution in [0.4, 0.5) is 0 Å². The highest BCUT2D eigenvalue weighted by molar-refractivity contribution is 9.13. The van der Waals surface area contributed by atoms with Gasteiger partial charge in [0.15, 0.2) is 4.67 Å². The van der Waals surface area contributed by atoms with Crippen molar-refractivity contribution >= 4 is 31.9 Å². The highest BCUT2D eigenvalue weighted by Gasteiger charge is 2.31. The quantitative estimate of drug-likeness (QED) is 0.853. The average molecular weight is 394 g/mol. The van der Waals surface area contributed by atoms with Crippen LogP contribution in [0.25, 0.3) is 0 Å². The molecular formula is C13H18Br2N2O2. The summed E-state index contributed by atoms with van der Waals surface area (Å²) in [5, 5.41) is 3.40. The molecule has 1 aromatic heterocycles. The van der Waals surface area contributed by atoms with Crippen molar-refractivity contribution in [3.63, 3.8) is 0 Å². The lowest BCUT2D eigenvalue weighted by Crippen LogP contribution is -2.49. The summed E-state index contributed by atoms with van der Waals surface area (Å²) in [7, 11) is 0. The lowest BCUT2D eigenvalue weighted by atomic mass is 10.2. The van der Waals surface area contributed by atoms with Crippen LogP contribution >= 0.6 is 31.9 Å². The van der Waals surface area contributed by atoms with Crippen LogP contribution in [0.5, 0.6) is 0 Å². The van der Waals surface area contributed by atoms with Crippen LogP contribution in [0.3, 0.4) is 0 Å². The maximum atomic E-state index is 5.91. The number of fused-ring (bicyclic) bond motifs is 1. The lowest BCUT2D eigenvalue weighted by molar-refractivity contribution is -0.0471. The number of rotatable bonds is 4. The summed E-state index contributed by atoms with van der Waals surface area (Å²) >= 11 is 6.76. The molecule has 0 aromatic carbocycles. The molecule has 1 aromatic rings. The van der Waals surface area contributed by atoms with Crippen molar-refractivity contribution in [1.82, 2.24) is 10.2 Å². The molecule has 0 saturated carbocycles. The van der Waals surface area contributed by atoms with E-state index in [1.807, 2.05) is 6.07 Å². The third-order valence-electron chi connectivity index (χ3n) is 3.83. The van der Waals surface area contributed by atoms with Gasteiger partial charge in [-0.2, -0.15) is 0 Å². The van der Waals surface area contributed by atoms with Crippen molar-refractivity contribution in [2.24, 2.45) is 0 Å². The fraction of sp³-hybridized carbons (Fsp3) is 0.692. The predicted molar refractivity (Wildman–Crippen MR) is 80.1 cm³/mol. The lowest BCUT2D eigenvalue weighted by Gasteiger charge is -2.35. The minimum absolute atomic E-state index is 0.302. The average Bonchev–Trinajstić information content (AvgIpc) is 2.96. The molecule has 19 heavy (non-hydrogen) atoms. The number of morpholine rings is 1. The predicted octanol–water partition coefficient (Wildman–Crippen LogP) is 2.76. The Kier molecular flexibility index (Phi) is 4.64. The van der Waals surface area contributed by atoms with Crippen molar-refractivity contribution < 1.29 is 9.15 Å². The molecule has 0 radical (unpaired) electrons. The van der Waals surface area contributed by atoms with E-state index in [9.17, 15) is 0 Å². The minimum atomic E-state index is 0.302. The van der Waals surface area contributed by atoms with Gasteiger partial charge in [0.1, 0.15) is 5.76 Å². The topological polar surface area (TPSA) is 37.6 Å². The Balaban J connectivity index is 1.42. The number of hydrogen-bond donors (Lipinski definition) is 1. The Hall–Kier alpha value is 0.120. The van der Waals surface area contributed by atoms with Gasteiger partial charge in [-0.3, -0.25) is 4.90 Å². The summed E-state index contributed by atoms with van der Waals surface area (Å²) in [5.41, 5.74) is 0. The molecule has 0 amide bonds. The van der Waals surface area contributed by atoms with Crippen LogP contribution in [0.1, 0.15) is 18.6 Å². The fourth-order valence-electron chi connectivity index (χ4n) is 2.84. The van der Waals surface area contributed by atoms with E-state index in [1.165, 1.54) is 19.4 Å². The molecular weight excluding hydrogens is 376 g/mol. The zero-order valence-electron chi connectivity index (χ0n) is 10.7. The molecule has 0 aliphatic carbocycles. The van der Waals surface area contributed by atoms with E-state index in [0.717, 1.165) is 41.1 Å². The van der Waals surface area contributed by atoms with Gasteiger partial charge in [-0.15, -0.1) is 0 Å². The standard InChI is InChI=1S/C13H18Br2N2O2/c14-12-4-10(19-13(12)15)5-16-6-11-7-17-3-1-2-9(17)8-18-11/h4,9,11,16H,1-3,5-8H2. The number of furan rings is 1. The zero-order valence-corrected chi connectivity index (χ0v) is 13.9. The Morgan fingerprint density at radius 2 is 2.32 bits per heavy atom. The second-order valence-corrected chi connectivity index (χ2v) is 6.79. The highest BCUT2D eigenvalue weighted by atomic mass is 79.9. The van der Waals surface area contributed by atoms with Gasteiger partial charge in [-0.1, -0.05) is 0 Å². The monoisotopic (exact) mass is 392 g/mol. The number of nitrogens with one attached hydrogen (secondary N) is 1. The Morgan fingerprint density at radius 1 is 1.42 bits per heavy atom. The van der Waals surface area contributed by atoms with Crippen LogP contribution in [-0.2, 0) is 11.3 Å². The van der Waals surface area contributed by atoms with E-state index < -0.39 is 0 Å². The van der Waals surface area contributed by atoms with Crippen LogP contribution in [-0.4, -0.2) is 43.3 Å². The molecule has 2 aliphatic heterocycles. The van der Waals surface area contributed by atoms with Crippen molar-refractivity contribution in [2.45, 2.75) is 31.5 Å². The van der Waals surface area contributed by atoms with E-state index in [1.54, 1.807) is 0 Å². The molecule has 0 bridgehead atoms. The van der Waals surface area contributed by atoms with E-state index in [-0.39, 0.29) is 0 Å². The molecule has 3 rings (SSSR count). The van der Waals surface area contributed by atoms with Crippen LogP contribution in [0, 0.1) is 0 Å². The van der Waals surface area contributed by atoms with Gasteiger partial charge in [0.2, 0.25) is 0 Å². The van der Waals surface area contributed by atoms with Crippen LogP contribution in [0.2, 0.25) is 0 Å². The molecule has 3 heterocycles. The second-order valence-electron chi connectivity index (χ2n) is 5.21. The highest BCUT2D eigenvalue weighted by Crippen LogP contribution is 2.26. The van der Waals surface area contributed by atoms with Crippen molar-refractivity contribution in [1.29, 1.82) is 0 Å². The Labute approximate surface area is 130 Å². The maximum Gasteiger partial charge on any atom is 0.183 e. The normalized spacial score (nSPS) is 27.7. The SMILES string of the molecule is Brc1cc(CNCC2CN3CCCC3CO2)oc1Br. The third-order valence-corrected chi connectivity index (χ3v) is 5.54. The van der Waals surface area contributed by atoms with E-state index in [4.69, 9.17) is 9.15 Å². The largest absolute Gasteiger partial charge is 0.452 e. The Bertz CT molecular complexity index is 419.